The van der Waals surface area contributed by atoms with Gasteiger partial charge in [0.05, 0.1) is 5.41 Å². The highest BCUT2D eigenvalue weighted by atomic mass is 15.1. The van der Waals surface area contributed by atoms with Gasteiger partial charge in [-0.3, -0.25) is 0 Å². The van der Waals surface area contributed by atoms with Gasteiger partial charge < -0.3 is 4.90 Å². The van der Waals surface area contributed by atoms with Gasteiger partial charge in [0.1, 0.15) is 0 Å². The van der Waals surface area contributed by atoms with Gasteiger partial charge in [0.25, 0.3) is 0 Å². The summed E-state index contributed by atoms with van der Waals surface area (Å²) in [6.07, 6.45) is 0. The number of anilines is 3. The molecule has 11 rings (SSSR count). The average Bonchev–Trinajstić information content (AvgIpc) is 3.70. The number of fused-ring (bicyclic) bond motifs is 12. The smallest absolute Gasteiger partial charge is 0.243 e. The lowest BCUT2D eigenvalue weighted by Gasteiger charge is -2.42. The lowest BCUT2D eigenvalue weighted by Crippen LogP contribution is -2.59. The Hall–Kier alpha value is -6.38. The van der Waals surface area contributed by atoms with Crippen LogP contribution in [0.15, 0.2) is 194 Å². The van der Waals surface area contributed by atoms with E-state index < -0.39 is 5.41 Å². The molecule has 0 fully saturated rings. The van der Waals surface area contributed by atoms with Crippen molar-refractivity contribution in [3.8, 4) is 33.4 Å². The molecule has 0 N–H and O–H groups in total. The van der Waals surface area contributed by atoms with Gasteiger partial charge in [-0.05, 0) is 98.1 Å². The molecule has 0 aromatic heterocycles. The Kier molecular flexibility index (Phi) is 6.03. The maximum Gasteiger partial charge on any atom is 0.243 e. The molecule has 1 nitrogen and oxygen atoms in total. The molecule has 0 amide bonds. The third-order valence-corrected chi connectivity index (χ3v) is 11.6. The standard InChI is InChI=1S/C49H32BN/c1-3-14-35(15-4-1)51(36-16-5-2-6-17-36)37-29-26-33(27-30-37)34-28-31-39-38-18-7-9-21-42(38)49(45(39)32-34)43-22-10-12-25-47(43)50-46-24-11-8-19-40(46)41-20-13-23-44(49)48(41)50/h1-32H. The van der Waals surface area contributed by atoms with E-state index in [0.717, 1.165) is 17.1 Å². The quantitative estimate of drug-likeness (QED) is 0.172. The van der Waals surface area contributed by atoms with E-state index in [9.17, 15) is 0 Å². The molecule has 3 aliphatic rings. The summed E-state index contributed by atoms with van der Waals surface area (Å²) in [4.78, 5) is 2.32. The third-order valence-electron chi connectivity index (χ3n) is 11.6. The van der Waals surface area contributed by atoms with E-state index in [2.05, 4.69) is 199 Å². The molecular formula is C49H32BN. The van der Waals surface area contributed by atoms with Crippen molar-refractivity contribution in [2.75, 3.05) is 4.90 Å². The SMILES string of the molecule is c1ccc(N(c2ccccc2)c2ccc(-c3ccc4c(c3)C3(c5ccccc5B5c6ccccc6-c6cccc3c65)c3ccccc3-4)cc2)cc1. The molecule has 0 saturated carbocycles. The summed E-state index contributed by atoms with van der Waals surface area (Å²) in [5.74, 6) is 0. The van der Waals surface area contributed by atoms with Crippen LogP contribution in [0.1, 0.15) is 22.3 Å². The van der Waals surface area contributed by atoms with Crippen LogP contribution in [0.5, 0.6) is 0 Å². The summed E-state index contributed by atoms with van der Waals surface area (Å²) in [6, 6.07) is 72.0. The minimum absolute atomic E-state index is 0.235. The number of para-hydroxylation sites is 2. The monoisotopic (exact) mass is 645 g/mol. The maximum absolute atomic E-state index is 2.50. The normalized spacial score (nSPS) is 15.5. The van der Waals surface area contributed by atoms with E-state index in [1.807, 2.05) is 0 Å². The van der Waals surface area contributed by atoms with Crippen molar-refractivity contribution in [1.29, 1.82) is 0 Å². The fraction of sp³-hybridized carbons (Fsp3) is 0.0204. The van der Waals surface area contributed by atoms with Crippen LogP contribution in [0.4, 0.5) is 17.1 Å². The van der Waals surface area contributed by atoms with Crippen LogP contribution in [0.2, 0.25) is 0 Å². The van der Waals surface area contributed by atoms with Crippen LogP contribution in [-0.2, 0) is 5.41 Å². The van der Waals surface area contributed by atoms with Gasteiger partial charge in [-0.2, -0.15) is 0 Å². The van der Waals surface area contributed by atoms with Crippen molar-refractivity contribution in [3.63, 3.8) is 0 Å². The van der Waals surface area contributed by atoms with Crippen LogP contribution in [0, 0.1) is 0 Å². The molecule has 1 unspecified atom stereocenters. The first-order chi connectivity index (χ1) is 25.3. The summed E-state index contributed by atoms with van der Waals surface area (Å²) < 4.78 is 0. The lowest BCUT2D eigenvalue weighted by molar-refractivity contribution is 0.776. The van der Waals surface area contributed by atoms with Crippen LogP contribution < -0.4 is 21.3 Å². The molecular weight excluding hydrogens is 613 g/mol. The largest absolute Gasteiger partial charge is 0.311 e. The van der Waals surface area contributed by atoms with E-state index in [1.54, 1.807) is 0 Å². The number of hydrogen-bond donors (Lipinski definition) is 0. The van der Waals surface area contributed by atoms with Crippen LogP contribution in [0.3, 0.4) is 0 Å². The zero-order valence-corrected chi connectivity index (χ0v) is 28.0. The zero-order chi connectivity index (χ0) is 33.5. The van der Waals surface area contributed by atoms with E-state index >= 15 is 0 Å². The second-order valence-electron chi connectivity index (χ2n) is 14.0. The van der Waals surface area contributed by atoms with Gasteiger partial charge in [-0.15, -0.1) is 0 Å². The van der Waals surface area contributed by atoms with Gasteiger partial charge in [0.15, 0.2) is 0 Å². The summed E-state index contributed by atoms with van der Waals surface area (Å²) in [7, 11) is 0. The molecule has 1 atom stereocenters. The average molecular weight is 646 g/mol. The molecule has 1 aliphatic carbocycles. The molecule has 2 heterocycles. The number of rotatable bonds is 4. The minimum atomic E-state index is -0.417. The predicted molar refractivity (Wildman–Crippen MR) is 214 cm³/mol. The van der Waals surface area contributed by atoms with Crippen LogP contribution in [-0.4, -0.2) is 6.71 Å². The van der Waals surface area contributed by atoms with Crippen LogP contribution in [0.25, 0.3) is 33.4 Å². The van der Waals surface area contributed by atoms with E-state index in [1.165, 1.54) is 72.0 Å². The second-order valence-corrected chi connectivity index (χ2v) is 14.0. The molecule has 2 aliphatic heterocycles. The highest BCUT2D eigenvalue weighted by Gasteiger charge is 2.54. The van der Waals surface area contributed by atoms with Gasteiger partial charge in [0, 0.05) is 17.1 Å². The first kappa shape index (κ1) is 28.5. The molecule has 51 heavy (non-hydrogen) atoms. The van der Waals surface area contributed by atoms with Gasteiger partial charge in [-0.25, -0.2) is 0 Å². The molecule has 236 valence electrons. The fourth-order valence-corrected chi connectivity index (χ4v) is 9.59. The van der Waals surface area contributed by atoms with E-state index in [-0.39, 0.29) is 6.71 Å². The Morgan fingerprint density at radius 1 is 0.333 bits per heavy atom. The summed E-state index contributed by atoms with van der Waals surface area (Å²) in [5.41, 5.74) is 20.7. The Balaban J connectivity index is 1.11. The Morgan fingerprint density at radius 2 is 0.863 bits per heavy atom. The van der Waals surface area contributed by atoms with Gasteiger partial charge in [-0.1, -0.05) is 168 Å². The summed E-state index contributed by atoms with van der Waals surface area (Å²) in [5, 5.41) is 0. The molecule has 2 heteroatoms. The van der Waals surface area contributed by atoms with Gasteiger partial charge in [0.2, 0.25) is 6.71 Å². The van der Waals surface area contributed by atoms with Gasteiger partial charge >= 0.3 is 0 Å². The zero-order valence-electron chi connectivity index (χ0n) is 28.0. The van der Waals surface area contributed by atoms with Crippen molar-refractivity contribution in [3.05, 3.63) is 216 Å². The highest BCUT2D eigenvalue weighted by Crippen LogP contribution is 2.57. The van der Waals surface area contributed by atoms with E-state index in [0.29, 0.717) is 0 Å². The molecule has 0 saturated heterocycles. The first-order valence-corrected chi connectivity index (χ1v) is 17.9. The number of benzene rings is 8. The second kappa shape index (κ2) is 10.8. The van der Waals surface area contributed by atoms with Crippen molar-refractivity contribution < 1.29 is 0 Å². The van der Waals surface area contributed by atoms with Crippen molar-refractivity contribution >= 4 is 40.2 Å². The molecule has 0 radical (unpaired) electrons. The predicted octanol–water partition coefficient (Wildman–Crippen LogP) is 10.00. The third kappa shape index (κ3) is 3.88. The Morgan fingerprint density at radius 3 is 1.61 bits per heavy atom. The van der Waals surface area contributed by atoms with Crippen molar-refractivity contribution in [2.24, 2.45) is 0 Å². The Labute approximate surface area is 299 Å². The summed E-state index contributed by atoms with van der Waals surface area (Å²) >= 11 is 0. The highest BCUT2D eigenvalue weighted by molar-refractivity contribution is 7.00. The fourth-order valence-electron chi connectivity index (χ4n) is 9.59. The first-order valence-electron chi connectivity index (χ1n) is 17.9. The number of nitrogens with zero attached hydrogens (tertiary/aromatic N) is 1. The molecule has 0 bridgehead atoms. The van der Waals surface area contributed by atoms with E-state index in [4.69, 9.17) is 0 Å². The lowest BCUT2D eigenvalue weighted by atomic mass is 9.32. The maximum atomic E-state index is 2.50. The molecule has 8 aromatic carbocycles. The molecule has 8 aromatic rings. The number of hydrogen-bond acceptors (Lipinski definition) is 1. The Bertz CT molecular complexity index is 2600. The van der Waals surface area contributed by atoms with Crippen LogP contribution >= 0.6 is 0 Å². The van der Waals surface area contributed by atoms with Crippen molar-refractivity contribution in [2.45, 2.75) is 5.41 Å². The molecule has 1 spiro atoms. The minimum Gasteiger partial charge on any atom is -0.311 e. The van der Waals surface area contributed by atoms with Crippen molar-refractivity contribution in [1.82, 2.24) is 0 Å². The summed E-state index contributed by atoms with van der Waals surface area (Å²) in [6.45, 7) is 0.235. The topological polar surface area (TPSA) is 3.24 Å².